The van der Waals surface area contributed by atoms with Crippen molar-refractivity contribution >= 4 is 11.8 Å². The fourth-order valence-corrected chi connectivity index (χ4v) is 3.69. The van der Waals surface area contributed by atoms with Gasteiger partial charge in [0.15, 0.2) is 0 Å². The Bertz CT molecular complexity index is 576. The second-order valence-corrected chi connectivity index (χ2v) is 8.02. The van der Waals surface area contributed by atoms with Gasteiger partial charge in [0.25, 0.3) is 0 Å². The summed E-state index contributed by atoms with van der Waals surface area (Å²) in [6.45, 7) is 8.69. The largest absolute Gasteiger partial charge is 0.381 e. The minimum absolute atomic E-state index is 0.206. The molecule has 2 heteroatoms. The summed E-state index contributed by atoms with van der Waals surface area (Å²) in [6, 6.07) is 8.17. The lowest BCUT2D eigenvalue weighted by Gasteiger charge is -2.33. The van der Waals surface area contributed by atoms with E-state index in [0.29, 0.717) is 0 Å². The molecule has 1 N–H and O–H groups in total. The molecule has 0 fully saturated rings. The molecule has 0 aromatic heterocycles. The lowest BCUT2D eigenvalue weighted by atomic mass is 9.72. The van der Waals surface area contributed by atoms with Gasteiger partial charge in [-0.15, -0.1) is 11.8 Å². The van der Waals surface area contributed by atoms with Crippen molar-refractivity contribution in [2.45, 2.75) is 57.5 Å². The van der Waals surface area contributed by atoms with Gasteiger partial charge < -0.3 is 5.11 Å². The van der Waals surface area contributed by atoms with Gasteiger partial charge in [-0.25, -0.2) is 0 Å². The highest BCUT2D eigenvalue weighted by molar-refractivity contribution is 7.98. The fourth-order valence-electron chi connectivity index (χ4n) is 3.28. The lowest BCUT2D eigenvalue weighted by Crippen LogP contribution is -2.21. The molecular formula is C20H28OS. The van der Waals surface area contributed by atoms with Crippen LogP contribution in [0.1, 0.15) is 52.5 Å². The normalized spacial score (nSPS) is 21.2. The molecule has 0 amide bonds. The molecule has 2 rings (SSSR count). The third-order valence-electron chi connectivity index (χ3n) is 4.79. The van der Waals surface area contributed by atoms with Crippen LogP contribution >= 0.6 is 11.8 Å². The standard InChI is InChI=1S/C20H28OS/c1-15-7-6-13-19(2,3)18(15)12-14-20(4,21)16-8-10-17(22-5)11-9-16/h8-12,14,21H,6-7,13H2,1-5H3/b14-12+. The number of hydrogen-bond acceptors (Lipinski definition) is 2. The molecule has 0 heterocycles. The van der Waals surface area contributed by atoms with Gasteiger partial charge in [0.2, 0.25) is 0 Å². The summed E-state index contributed by atoms with van der Waals surface area (Å²) >= 11 is 1.72. The molecular weight excluding hydrogens is 288 g/mol. The smallest absolute Gasteiger partial charge is 0.105 e. The number of benzene rings is 1. The van der Waals surface area contributed by atoms with Gasteiger partial charge in [0.1, 0.15) is 5.60 Å². The number of rotatable bonds is 4. The SMILES string of the molecule is CSc1ccc(C(C)(O)/C=C/C2=C(C)CCCC2(C)C)cc1. The maximum Gasteiger partial charge on any atom is 0.105 e. The highest BCUT2D eigenvalue weighted by atomic mass is 32.2. The van der Waals surface area contributed by atoms with Gasteiger partial charge in [-0.05, 0) is 74.1 Å². The zero-order valence-electron chi connectivity index (χ0n) is 14.4. The van der Waals surface area contributed by atoms with Crippen LogP contribution in [0.2, 0.25) is 0 Å². The number of aliphatic hydroxyl groups is 1. The van der Waals surface area contributed by atoms with E-state index >= 15 is 0 Å². The van der Waals surface area contributed by atoms with Gasteiger partial charge in [-0.3, -0.25) is 0 Å². The summed E-state index contributed by atoms with van der Waals surface area (Å²) in [5.74, 6) is 0. The Morgan fingerprint density at radius 1 is 1.23 bits per heavy atom. The van der Waals surface area contributed by atoms with E-state index in [9.17, 15) is 5.11 Å². The third kappa shape index (κ3) is 3.85. The quantitative estimate of drug-likeness (QED) is 0.719. The number of thioether (sulfide) groups is 1. The molecule has 1 aromatic rings. The molecule has 1 aromatic carbocycles. The van der Waals surface area contributed by atoms with Crippen LogP contribution in [0.15, 0.2) is 52.5 Å². The zero-order valence-corrected chi connectivity index (χ0v) is 15.3. The molecule has 1 nitrogen and oxygen atoms in total. The second kappa shape index (κ2) is 6.64. The van der Waals surface area contributed by atoms with Crippen molar-refractivity contribution in [1.82, 2.24) is 0 Å². The highest BCUT2D eigenvalue weighted by Gasteiger charge is 2.28. The summed E-state index contributed by atoms with van der Waals surface area (Å²) in [5.41, 5.74) is 3.06. The number of hydrogen-bond donors (Lipinski definition) is 1. The van der Waals surface area contributed by atoms with E-state index in [2.05, 4.69) is 45.2 Å². The Kier molecular flexibility index (Phi) is 5.24. The van der Waals surface area contributed by atoms with E-state index in [4.69, 9.17) is 0 Å². The first-order valence-electron chi connectivity index (χ1n) is 8.03. The molecule has 0 spiro atoms. The van der Waals surface area contributed by atoms with Crippen LogP contribution in [0.3, 0.4) is 0 Å². The maximum atomic E-state index is 10.8. The lowest BCUT2D eigenvalue weighted by molar-refractivity contribution is 0.111. The average molecular weight is 317 g/mol. The monoisotopic (exact) mass is 316 g/mol. The van der Waals surface area contributed by atoms with Crippen molar-refractivity contribution in [3.05, 3.63) is 53.1 Å². The molecule has 0 bridgehead atoms. The van der Waals surface area contributed by atoms with Crippen LogP contribution in [0.5, 0.6) is 0 Å². The van der Waals surface area contributed by atoms with Gasteiger partial charge >= 0.3 is 0 Å². The summed E-state index contributed by atoms with van der Waals surface area (Å²) in [6.07, 6.45) is 9.82. The van der Waals surface area contributed by atoms with Gasteiger partial charge in [-0.1, -0.05) is 37.6 Å². The first-order valence-corrected chi connectivity index (χ1v) is 9.25. The average Bonchev–Trinajstić information content (AvgIpc) is 2.46. The molecule has 1 atom stereocenters. The summed E-state index contributed by atoms with van der Waals surface area (Å²) in [7, 11) is 0. The molecule has 0 aliphatic heterocycles. The molecule has 22 heavy (non-hydrogen) atoms. The maximum absolute atomic E-state index is 10.8. The van der Waals surface area contributed by atoms with Crippen LogP contribution in [0.25, 0.3) is 0 Å². The van der Waals surface area contributed by atoms with E-state index in [1.54, 1.807) is 11.8 Å². The summed E-state index contributed by atoms with van der Waals surface area (Å²) in [5, 5.41) is 10.8. The van der Waals surface area contributed by atoms with E-state index < -0.39 is 5.60 Å². The van der Waals surface area contributed by atoms with E-state index in [0.717, 1.165) is 5.56 Å². The van der Waals surface area contributed by atoms with Crippen molar-refractivity contribution in [1.29, 1.82) is 0 Å². The van der Waals surface area contributed by atoms with Crippen LogP contribution in [-0.2, 0) is 5.60 Å². The molecule has 0 saturated carbocycles. The minimum Gasteiger partial charge on any atom is -0.381 e. The van der Waals surface area contributed by atoms with E-state index in [-0.39, 0.29) is 5.41 Å². The number of allylic oxidation sites excluding steroid dienone is 3. The second-order valence-electron chi connectivity index (χ2n) is 7.14. The van der Waals surface area contributed by atoms with Crippen molar-refractivity contribution in [3.63, 3.8) is 0 Å². The molecule has 1 aliphatic rings. The van der Waals surface area contributed by atoms with E-state index in [1.165, 1.54) is 35.3 Å². The topological polar surface area (TPSA) is 20.2 Å². The Balaban J connectivity index is 2.26. The Hall–Kier alpha value is -0.990. The van der Waals surface area contributed by atoms with Crippen molar-refractivity contribution in [3.8, 4) is 0 Å². The molecule has 0 saturated heterocycles. The van der Waals surface area contributed by atoms with E-state index in [1.807, 2.05) is 25.1 Å². The first-order chi connectivity index (χ1) is 10.3. The Morgan fingerprint density at radius 3 is 2.41 bits per heavy atom. The predicted octanol–water partition coefficient (Wildman–Crippen LogP) is 5.70. The fraction of sp³-hybridized carbons (Fsp3) is 0.500. The van der Waals surface area contributed by atoms with Gasteiger partial charge in [0.05, 0.1) is 0 Å². The molecule has 1 aliphatic carbocycles. The van der Waals surface area contributed by atoms with Crippen molar-refractivity contribution < 1.29 is 5.11 Å². The zero-order chi connectivity index (χ0) is 16.4. The third-order valence-corrected chi connectivity index (χ3v) is 5.54. The molecule has 1 unspecified atom stereocenters. The molecule has 120 valence electrons. The highest BCUT2D eigenvalue weighted by Crippen LogP contribution is 2.41. The van der Waals surface area contributed by atoms with Crippen molar-refractivity contribution in [2.75, 3.05) is 6.26 Å². The van der Waals surface area contributed by atoms with Gasteiger partial charge in [0, 0.05) is 4.90 Å². The van der Waals surface area contributed by atoms with Crippen LogP contribution in [0.4, 0.5) is 0 Å². The summed E-state index contributed by atoms with van der Waals surface area (Å²) in [4.78, 5) is 1.22. The minimum atomic E-state index is -0.933. The predicted molar refractivity (Wildman–Crippen MR) is 97.3 cm³/mol. The van der Waals surface area contributed by atoms with Crippen LogP contribution < -0.4 is 0 Å². The van der Waals surface area contributed by atoms with Crippen LogP contribution in [-0.4, -0.2) is 11.4 Å². The van der Waals surface area contributed by atoms with Gasteiger partial charge in [-0.2, -0.15) is 0 Å². The van der Waals surface area contributed by atoms with Crippen molar-refractivity contribution in [2.24, 2.45) is 5.41 Å². The Labute approximate surface area is 139 Å². The molecule has 0 radical (unpaired) electrons. The van der Waals surface area contributed by atoms with Crippen LogP contribution in [0, 0.1) is 5.41 Å². The Morgan fingerprint density at radius 2 is 1.86 bits per heavy atom. The summed E-state index contributed by atoms with van der Waals surface area (Å²) < 4.78 is 0. The first kappa shape index (κ1) is 17.4.